The van der Waals surface area contributed by atoms with E-state index in [0.29, 0.717) is 0 Å². The summed E-state index contributed by atoms with van der Waals surface area (Å²) in [5, 5.41) is 41.1. The normalized spacial score (nSPS) is 36.3. The van der Waals surface area contributed by atoms with E-state index in [9.17, 15) is 59.6 Å². The highest BCUT2D eigenvalue weighted by atomic mass is 32.3. The Morgan fingerprint density at radius 3 is 1.88 bits per heavy atom. The minimum atomic E-state index is -5.48. The summed E-state index contributed by atoms with van der Waals surface area (Å²) in [6.07, 6.45) is -20.2. The molecule has 2 heterocycles. The molecule has 24 heteroatoms. The van der Waals surface area contributed by atoms with Gasteiger partial charge in [0.1, 0.15) is 42.7 Å². The van der Waals surface area contributed by atoms with Crippen molar-refractivity contribution in [3.05, 3.63) is 0 Å². The SMILES string of the molecule is CC(C)(C)OC1OC(C(=O)O)C(OC2OC(COS(=O)(=O)O)C(O)C(O)C2NS(=O)(=O)O)C(OS(=O)(=O)O)C1O. The van der Waals surface area contributed by atoms with Crippen LogP contribution in [0.3, 0.4) is 0 Å². The van der Waals surface area contributed by atoms with Gasteiger partial charge >= 0.3 is 37.1 Å². The van der Waals surface area contributed by atoms with E-state index in [1.54, 1.807) is 0 Å². The van der Waals surface area contributed by atoms with Gasteiger partial charge in [0.25, 0.3) is 0 Å². The number of aliphatic carboxylic acids is 1. The summed E-state index contributed by atoms with van der Waals surface area (Å²) in [5.74, 6) is -1.91. The topological polar surface area (TPSA) is 329 Å². The standard InChI is InChI=1S/C16H29NO20S3/c1-16(2,3)36-15-9(20)10(37-40(29,30)31)11(12(35-15)13(21)22)34-14-6(17-38(23,24)25)8(19)7(18)5(33-14)4-32-39(26,27)28/h5-12,14-15,17-20H,4H2,1-3H3,(H,21,22)(H,23,24,25)(H,26,27,28)(H,29,30,31). The molecule has 0 spiro atoms. The number of carboxylic acids is 1. The molecule has 0 aromatic heterocycles. The van der Waals surface area contributed by atoms with Crippen LogP contribution < -0.4 is 4.72 Å². The zero-order valence-corrected chi connectivity index (χ0v) is 23.1. The smallest absolute Gasteiger partial charge is 0.397 e. The van der Waals surface area contributed by atoms with Gasteiger partial charge < -0.3 is 39.4 Å². The first-order valence-electron chi connectivity index (χ1n) is 10.8. The van der Waals surface area contributed by atoms with E-state index in [0.717, 1.165) is 0 Å². The first kappa shape index (κ1) is 35.0. The van der Waals surface area contributed by atoms with Gasteiger partial charge in [-0.05, 0) is 20.8 Å². The van der Waals surface area contributed by atoms with Crippen LogP contribution in [0.15, 0.2) is 0 Å². The summed E-state index contributed by atoms with van der Waals surface area (Å²) < 4.78 is 126. The molecule has 40 heavy (non-hydrogen) atoms. The van der Waals surface area contributed by atoms with Crippen LogP contribution in [0.25, 0.3) is 0 Å². The summed E-state index contributed by atoms with van der Waals surface area (Å²) in [6.45, 7) is 3.10. The second-order valence-corrected chi connectivity index (χ2v) is 12.8. The van der Waals surface area contributed by atoms with Crippen LogP contribution >= 0.6 is 0 Å². The highest BCUT2D eigenvalue weighted by Crippen LogP contribution is 2.33. The Morgan fingerprint density at radius 2 is 1.43 bits per heavy atom. The van der Waals surface area contributed by atoms with Crippen molar-refractivity contribution >= 4 is 37.1 Å². The number of aliphatic hydroxyl groups excluding tert-OH is 3. The Balaban J connectivity index is 2.55. The van der Waals surface area contributed by atoms with Gasteiger partial charge in [-0.1, -0.05) is 0 Å². The van der Waals surface area contributed by atoms with Crippen LogP contribution in [0.2, 0.25) is 0 Å². The molecule has 2 fully saturated rings. The average molecular weight is 652 g/mol. The number of nitrogens with one attached hydrogen (secondary N) is 1. The lowest BCUT2D eigenvalue weighted by Gasteiger charge is -2.47. The molecule has 0 aromatic carbocycles. The lowest BCUT2D eigenvalue weighted by molar-refractivity contribution is -0.346. The first-order valence-corrected chi connectivity index (χ1v) is 15.0. The second kappa shape index (κ2) is 12.6. The molecule has 10 atom stereocenters. The van der Waals surface area contributed by atoms with Gasteiger partial charge in [-0.15, -0.1) is 0 Å². The Hall–Kier alpha value is -1.20. The van der Waals surface area contributed by atoms with E-state index in [-0.39, 0.29) is 0 Å². The molecule has 236 valence electrons. The van der Waals surface area contributed by atoms with E-state index < -0.39 is 111 Å². The van der Waals surface area contributed by atoms with Gasteiger partial charge in [-0.25, -0.2) is 13.2 Å². The number of aliphatic hydroxyl groups is 3. The molecule has 0 saturated carbocycles. The quantitative estimate of drug-likeness (QED) is 0.0977. The van der Waals surface area contributed by atoms with Crippen molar-refractivity contribution in [3.8, 4) is 0 Å². The predicted octanol–water partition coefficient (Wildman–Crippen LogP) is -4.43. The monoisotopic (exact) mass is 651 g/mol. The van der Waals surface area contributed by atoms with E-state index in [1.807, 2.05) is 0 Å². The minimum absolute atomic E-state index is 1.14. The van der Waals surface area contributed by atoms with Crippen molar-refractivity contribution < 1.29 is 91.4 Å². The van der Waals surface area contributed by atoms with Crippen LogP contribution in [-0.4, -0.2) is 139 Å². The largest absolute Gasteiger partial charge is 0.479 e. The molecule has 0 radical (unpaired) electrons. The van der Waals surface area contributed by atoms with Gasteiger partial charge in [-0.3, -0.25) is 13.7 Å². The van der Waals surface area contributed by atoms with Crippen molar-refractivity contribution in [1.82, 2.24) is 4.72 Å². The maximum absolute atomic E-state index is 12.0. The Morgan fingerprint density at radius 1 is 0.850 bits per heavy atom. The molecule has 8 N–H and O–H groups in total. The number of hydrogen-bond donors (Lipinski definition) is 8. The molecule has 0 bridgehead atoms. The zero-order chi connectivity index (χ0) is 31.0. The third kappa shape index (κ3) is 10.3. The van der Waals surface area contributed by atoms with Crippen molar-refractivity contribution in [2.45, 2.75) is 87.7 Å². The fraction of sp³-hybridized carbons (Fsp3) is 0.938. The summed E-state index contributed by atoms with van der Waals surface area (Å²) in [5.41, 5.74) is -1.14. The number of ether oxygens (including phenoxy) is 4. The summed E-state index contributed by atoms with van der Waals surface area (Å²) in [7, 11) is -15.9. The van der Waals surface area contributed by atoms with Crippen LogP contribution in [0.4, 0.5) is 0 Å². The number of hydrogen-bond acceptors (Lipinski definition) is 16. The molecule has 10 unspecified atom stereocenters. The maximum Gasteiger partial charge on any atom is 0.397 e. The van der Waals surface area contributed by atoms with E-state index >= 15 is 0 Å². The molecule has 2 rings (SSSR count). The molecule has 21 nitrogen and oxygen atoms in total. The van der Waals surface area contributed by atoms with E-state index in [2.05, 4.69) is 8.37 Å². The molecular formula is C16H29NO20S3. The number of carboxylic acid groups (broad SMARTS) is 1. The third-order valence-corrected chi connectivity index (χ3v) is 6.59. The van der Waals surface area contributed by atoms with Gasteiger partial charge in [0.05, 0.1) is 12.2 Å². The van der Waals surface area contributed by atoms with Crippen molar-refractivity contribution in [2.24, 2.45) is 0 Å². The fourth-order valence-corrected chi connectivity index (χ4v) is 5.06. The summed E-state index contributed by atoms with van der Waals surface area (Å²) in [6, 6.07) is -2.24. The minimum Gasteiger partial charge on any atom is -0.479 e. The Kier molecular flexibility index (Phi) is 11.0. The molecule has 0 aliphatic carbocycles. The summed E-state index contributed by atoms with van der Waals surface area (Å²) in [4.78, 5) is 12.0. The first-order chi connectivity index (χ1) is 17.9. The van der Waals surface area contributed by atoms with Crippen LogP contribution in [0, 0.1) is 0 Å². The van der Waals surface area contributed by atoms with Crippen molar-refractivity contribution in [3.63, 3.8) is 0 Å². The van der Waals surface area contributed by atoms with Crippen LogP contribution in [0.1, 0.15) is 20.8 Å². The maximum atomic E-state index is 12.0. The molecule has 0 aromatic rings. The Bertz CT molecular complexity index is 1210. The van der Waals surface area contributed by atoms with Gasteiger partial charge in [0.15, 0.2) is 18.7 Å². The van der Waals surface area contributed by atoms with E-state index in [1.165, 1.54) is 25.5 Å². The van der Waals surface area contributed by atoms with Crippen LogP contribution in [-0.2, 0) is 63.2 Å². The number of carbonyl (C=O) groups is 1. The number of rotatable bonds is 11. The van der Waals surface area contributed by atoms with E-state index in [4.69, 9.17) is 23.5 Å². The second-order valence-electron chi connectivity index (χ2n) is 9.43. The highest BCUT2D eigenvalue weighted by Gasteiger charge is 2.56. The van der Waals surface area contributed by atoms with Crippen LogP contribution in [0.5, 0.6) is 0 Å². The lowest BCUT2D eigenvalue weighted by atomic mass is 9.96. The molecule has 2 saturated heterocycles. The van der Waals surface area contributed by atoms with Gasteiger partial charge in [0, 0.05) is 0 Å². The molecule has 2 aliphatic rings. The molecule has 0 amide bonds. The van der Waals surface area contributed by atoms with Crippen molar-refractivity contribution in [1.29, 1.82) is 0 Å². The van der Waals surface area contributed by atoms with Gasteiger partial charge in [0.2, 0.25) is 0 Å². The highest BCUT2D eigenvalue weighted by molar-refractivity contribution is 7.83. The van der Waals surface area contributed by atoms with Crippen molar-refractivity contribution in [2.75, 3.05) is 6.61 Å². The zero-order valence-electron chi connectivity index (χ0n) is 20.6. The fourth-order valence-electron chi connectivity index (χ4n) is 3.66. The Labute approximate surface area is 227 Å². The lowest BCUT2D eigenvalue weighted by Crippen LogP contribution is -2.68. The molecule has 2 aliphatic heterocycles. The average Bonchev–Trinajstić information content (AvgIpc) is 2.73. The predicted molar refractivity (Wildman–Crippen MR) is 121 cm³/mol. The third-order valence-electron chi connectivity index (χ3n) is 5.12. The molecular weight excluding hydrogens is 622 g/mol. The summed E-state index contributed by atoms with van der Waals surface area (Å²) >= 11 is 0. The van der Waals surface area contributed by atoms with Gasteiger partial charge in [-0.2, -0.15) is 30.0 Å².